The van der Waals surface area contributed by atoms with E-state index in [0.717, 1.165) is 0 Å². The highest BCUT2D eigenvalue weighted by atomic mass is 16.5. The Labute approximate surface area is 141 Å². The Morgan fingerprint density at radius 2 is 1.84 bits per heavy atom. The van der Waals surface area contributed by atoms with E-state index < -0.39 is 17.8 Å². The summed E-state index contributed by atoms with van der Waals surface area (Å²) in [5, 5.41) is 0. The van der Waals surface area contributed by atoms with Gasteiger partial charge in [0.15, 0.2) is 17.8 Å². The average molecular weight is 338 g/mol. The van der Waals surface area contributed by atoms with E-state index in [1.807, 2.05) is 18.2 Å². The van der Waals surface area contributed by atoms with Gasteiger partial charge in [0.25, 0.3) is 0 Å². The van der Waals surface area contributed by atoms with Gasteiger partial charge in [-0.15, -0.1) is 0 Å². The number of esters is 1. The summed E-state index contributed by atoms with van der Waals surface area (Å²) >= 11 is 0. The van der Waals surface area contributed by atoms with Crippen molar-refractivity contribution in [2.75, 3.05) is 0 Å². The number of aromatic nitrogens is 2. The SMILES string of the molecule is C[C@@H](C(=O)OCc1nc2ccccc2o1)n1c(=O)oc2ccccc21. The normalized spacial score (nSPS) is 12.5. The minimum Gasteiger partial charge on any atom is -0.454 e. The zero-order valence-electron chi connectivity index (χ0n) is 13.3. The van der Waals surface area contributed by atoms with Gasteiger partial charge in [-0.1, -0.05) is 24.3 Å². The van der Waals surface area contributed by atoms with Crippen LogP contribution in [-0.2, 0) is 16.1 Å². The second kappa shape index (κ2) is 5.94. The molecule has 0 bridgehead atoms. The first kappa shape index (κ1) is 15.2. The standard InChI is InChI=1S/C18H14N2O5/c1-11(20-13-7-3-5-9-15(13)25-18(20)22)17(21)23-10-16-19-12-6-2-4-8-14(12)24-16/h2-9,11H,10H2,1H3/t11-/m0/s1. The molecule has 0 amide bonds. The van der Waals surface area contributed by atoms with Gasteiger partial charge in [-0.25, -0.2) is 14.6 Å². The van der Waals surface area contributed by atoms with Gasteiger partial charge < -0.3 is 13.6 Å². The predicted molar refractivity (Wildman–Crippen MR) is 89.0 cm³/mol. The van der Waals surface area contributed by atoms with Crippen LogP contribution in [0.2, 0.25) is 0 Å². The predicted octanol–water partition coefficient (Wildman–Crippen LogP) is 3.04. The number of fused-ring (bicyclic) bond motifs is 2. The summed E-state index contributed by atoms with van der Waals surface area (Å²) < 4.78 is 17.2. The summed E-state index contributed by atoms with van der Waals surface area (Å²) in [6.07, 6.45) is 0. The van der Waals surface area contributed by atoms with E-state index in [1.54, 1.807) is 37.3 Å². The molecule has 0 N–H and O–H groups in total. The molecule has 4 aromatic rings. The molecule has 2 heterocycles. The van der Waals surface area contributed by atoms with E-state index in [4.69, 9.17) is 13.6 Å². The zero-order valence-corrected chi connectivity index (χ0v) is 13.3. The molecule has 25 heavy (non-hydrogen) atoms. The Bertz CT molecular complexity index is 1090. The van der Waals surface area contributed by atoms with Gasteiger partial charge in [-0.3, -0.25) is 4.57 Å². The smallest absolute Gasteiger partial charge is 0.420 e. The zero-order chi connectivity index (χ0) is 17.4. The van der Waals surface area contributed by atoms with Crippen molar-refractivity contribution in [2.45, 2.75) is 19.6 Å². The molecule has 0 radical (unpaired) electrons. The number of para-hydroxylation sites is 4. The lowest BCUT2D eigenvalue weighted by Crippen LogP contribution is -2.26. The number of rotatable bonds is 4. The molecule has 126 valence electrons. The van der Waals surface area contributed by atoms with Crippen LogP contribution < -0.4 is 5.76 Å². The fourth-order valence-electron chi connectivity index (χ4n) is 2.69. The number of carbonyl (C=O) groups excluding carboxylic acids is 1. The van der Waals surface area contributed by atoms with Crippen molar-refractivity contribution in [1.29, 1.82) is 0 Å². The molecule has 0 saturated heterocycles. The van der Waals surface area contributed by atoms with Gasteiger partial charge in [0.1, 0.15) is 11.6 Å². The highest BCUT2D eigenvalue weighted by molar-refractivity contribution is 5.79. The number of hydrogen-bond acceptors (Lipinski definition) is 6. The minimum absolute atomic E-state index is 0.109. The van der Waals surface area contributed by atoms with Crippen LogP contribution in [0.15, 0.2) is 62.2 Å². The van der Waals surface area contributed by atoms with E-state index in [9.17, 15) is 9.59 Å². The van der Waals surface area contributed by atoms with Gasteiger partial charge in [-0.2, -0.15) is 0 Å². The number of benzene rings is 2. The summed E-state index contributed by atoms with van der Waals surface area (Å²) in [7, 11) is 0. The highest BCUT2D eigenvalue weighted by Crippen LogP contribution is 2.19. The molecule has 2 aromatic carbocycles. The fraction of sp³-hybridized carbons (Fsp3) is 0.167. The van der Waals surface area contributed by atoms with Crippen LogP contribution in [-0.4, -0.2) is 15.5 Å². The lowest BCUT2D eigenvalue weighted by atomic mass is 10.3. The van der Waals surface area contributed by atoms with Gasteiger partial charge in [0.2, 0.25) is 5.89 Å². The first-order chi connectivity index (χ1) is 12.1. The summed E-state index contributed by atoms with van der Waals surface area (Å²) in [4.78, 5) is 28.6. The number of oxazole rings is 2. The van der Waals surface area contributed by atoms with Crippen molar-refractivity contribution < 1.29 is 18.4 Å². The summed E-state index contributed by atoms with van der Waals surface area (Å²) in [5.41, 5.74) is 2.28. The summed E-state index contributed by atoms with van der Waals surface area (Å²) in [5.74, 6) is -0.880. The molecule has 0 aliphatic rings. The van der Waals surface area contributed by atoms with Crippen LogP contribution in [0.5, 0.6) is 0 Å². The van der Waals surface area contributed by atoms with Gasteiger partial charge >= 0.3 is 11.7 Å². The van der Waals surface area contributed by atoms with Gasteiger partial charge in [-0.05, 0) is 31.2 Å². The molecule has 0 aliphatic heterocycles. The van der Waals surface area contributed by atoms with Gasteiger partial charge in [0.05, 0.1) is 5.52 Å². The Hall–Kier alpha value is -3.35. The molecular formula is C18H14N2O5. The van der Waals surface area contributed by atoms with Crippen molar-refractivity contribution in [1.82, 2.24) is 9.55 Å². The lowest BCUT2D eigenvalue weighted by Gasteiger charge is -2.11. The molecule has 7 heteroatoms. The molecule has 0 saturated carbocycles. The highest BCUT2D eigenvalue weighted by Gasteiger charge is 2.23. The van der Waals surface area contributed by atoms with Crippen LogP contribution in [0.25, 0.3) is 22.2 Å². The van der Waals surface area contributed by atoms with Crippen molar-refractivity contribution in [3.05, 3.63) is 65.0 Å². The Kier molecular flexibility index (Phi) is 3.61. The first-order valence-electron chi connectivity index (χ1n) is 7.74. The van der Waals surface area contributed by atoms with E-state index in [2.05, 4.69) is 4.98 Å². The van der Waals surface area contributed by atoms with Crippen LogP contribution in [0.3, 0.4) is 0 Å². The van der Waals surface area contributed by atoms with Gasteiger partial charge in [0, 0.05) is 0 Å². The molecule has 0 unspecified atom stereocenters. The van der Waals surface area contributed by atoms with E-state index >= 15 is 0 Å². The Morgan fingerprint density at radius 3 is 2.64 bits per heavy atom. The maximum absolute atomic E-state index is 12.3. The lowest BCUT2D eigenvalue weighted by molar-refractivity contribution is -0.149. The van der Waals surface area contributed by atoms with Crippen LogP contribution in [0, 0.1) is 0 Å². The molecule has 2 aromatic heterocycles. The molecule has 0 aliphatic carbocycles. The van der Waals surface area contributed by atoms with Crippen molar-refractivity contribution in [2.24, 2.45) is 0 Å². The Morgan fingerprint density at radius 1 is 1.12 bits per heavy atom. The summed E-state index contributed by atoms with van der Waals surface area (Å²) in [6, 6.07) is 13.4. The number of carbonyl (C=O) groups is 1. The molecular weight excluding hydrogens is 324 g/mol. The van der Waals surface area contributed by atoms with Crippen LogP contribution in [0.4, 0.5) is 0 Å². The Balaban J connectivity index is 1.54. The molecule has 0 fully saturated rings. The third kappa shape index (κ3) is 2.69. The van der Waals surface area contributed by atoms with Crippen molar-refractivity contribution in [3.8, 4) is 0 Å². The summed E-state index contributed by atoms with van der Waals surface area (Å²) in [6.45, 7) is 1.47. The molecule has 4 rings (SSSR count). The minimum atomic E-state index is -0.833. The largest absolute Gasteiger partial charge is 0.454 e. The fourth-order valence-corrected chi connectivity index (χ4v) is 2.69. The van der Waals surface area contributed by atoms with Crippen molar-refractivity contribution >= 4 is 28.2 Å². The van der Waals surface area contributed by atoms with Crippen molar-refractivity contribution in [3.63, 3.8) is 0 Å². The molecule has 1 atom stereocenters. The second-order valence-corrected chi connectivity index (χ2v) is 5.56. The number of nitrogens with zero attached hydrogens (tertiary/aromatic N) is 2. The number of hydrogen-bond donors (Lipinski definition) is 0. The van der Waals surface area contributed by atoms with Crippen LogP contribution >= 0.6 is 0 Å². The maximum Gasteiger partial charge on any atom is 0.420 e. The average Bonchev–Trinajstić information content (AvgIpc) is 3.18. The monoisotopic (exact) mass is 338 g/mol. The first-order valence-corrected chi connectivity index (χ1v) is 7.74. The van der Waals surface area contributed by atoms with Crippen LogP contribution in [0.1, 0.15) is 18.9 Å². The van der Waals surface area contributed by atoms with E-state index in [0.29, 0.717) is 28.1 Å². The quantitative estimate of drug-likeness (QED) is 0.532. The van der Waals surface area contributed by atoms with E-state index in [1.165, 1.54) is 4.57 Å². The topological polar surface area (TPSA) is 87.5 Å². The third-order valence-corrected chi connectivity index (χ3v) is 3.92. The number of ether oxygens (including phenoxy) is 1. The molecule has 0 spiro atoms. The molecule has 7 nitrogen and oxygen atoms in total. The second-order valence-electron chi connectivity index (χ2n) is 5.56. The van der Waals surface area contributed by atoms with E-state index in [-0.39, 0.29) is 6.61 Å². The third-order valence-electron chi connectivity index (χ3n) is 3.92. The maximum atomic E-state index is 12.3.